The van der Waals surface area contributed by atoms with Crippen LogP contribution in [0.4, 0.5) is 0 Å². The number of benzene rings is 1. The summed E-state index contributed by atoms with van der Waals surface area (Å²) in [6, 6.07) is 11.3. The van der Waals surface area contributed by atoms with E-state index in [0.717, 1.165) is 30.0 Å². The van der Waals surface area contributed by atoms with Gasteiger partial charge in [-0.1, -0.05) is 18.2 Å². The second-order valence-electron chi connectivity index (χ2n) is 5.54. The van der Waals surface area contributed by atoms with Crippen LogP contribution in [0, 0.1) is 0 Å². The van der Waals surface area contributed by atoms with Gasteiger partial charge in [-0.15, -0.1) is 0 Å². The number of rotatable bonds is 5. The van der Waals surface area contributed by atoms with Crippen molar-refractivity contribution in [3.63, 3.8) is 0 Å². The van der Waals surface area contributed by atoms with E-state index < -0.39 is 0 Å². The third kappa shape index (κ3) is 3.80. The number of nitrogens with zero attached hydrogens (tertiary/aromatic N) is 2. The molecule has 1 aromatic carbocycles. The molecule has 3 rings (SSSR count). The van der Waals surface area contributed by atoms with Gasteiger partial charge >= 0.3 is 0 Å². The van der Waals surface area contributed by atoms with Gasteiger partial charge in [0.25, 0.3) is 0 Å². The molecule has 0 unspecified atom stereocenters. The molecule has 1 aliphatic rings. The summed E-state index contributed by atoms with van der Waals surface area (Å²) in [4.78, 5) is 18.3. The number of hydrogen-bond acceptors (Lipinski definition) is 4. The first-order valence-electron chi connectivity index (χ1n) is 7.72. The smallest absolute Gasteiger partial charge is 0.227 e. The van der Waals surface area contributed by atoms with Crippen LogP contribution in [0.3, 0.4) is 0 Å². The highest BCUT2D eigenvalue weighted by atomic mass is 16.5. The third-order valence-corrected chi connectivity index (χ3v) is 3.98. The van der Waals surface area contributed by atoms with Crippen molar-refractivity contribution in [2.45, 2.75) is 18.9 Å². The van der Waals surface area contributed by atoms with Crippen molar-refractivity contribution in [3.8, 4) is 11.5 Å². The van der Waals surface area contributed by atoms with Crippen molar-refractivity contribution in [3.05, 3.63) is 54.4 Å². The van der Waals surface area contributed by atoms with Crippen LogP contribution in [-0.2, 0) is 11.2 Å². The molecular weight excluding hydrogens is 292 g/mol. The van der Waals surface area contributed by atoms with Gasteiger partial charge in [0.15, 0.2) is 0 Å². The van der Waals surface area contributed by atoms with Crippen LogP contribution >= 0.6 is 0 Å². The second-order valence-corrected chi connectivity index (χ2v) is 5.54. The third-order valence-electron chi connectivity index (χ3n) is 3.98. The first-order chi connectivity index (χ1) is 11.3. The SMILES string of the molecule is COc1ccccc1CC(=O)N1CC[C@@H](Oc2ccncc2)C1. The molecule has 1 saturated heterocycles. The Labute approximate surface area is 135 Å². The summed E-state index contributed by atoms with van der Waals surface area (Å²) in [5.41, 5.74) is 0.915. The summed E-state index contributed by atoms with van der Waals surface area (Å²) in [5.74, 6) is 1.66. The van der Waals surface area contributed by atoms with Gasteiger partial charge in [-0.05, 0) is 18.2 Å². The van der Waals surface area contributed by atoms with Crippen molar-refractivity contribution in [1.82, 2.24) is 9.88 Å². The number of carbonyl (C=O) groups is 1. The molecule has 5 nitrogen and oxygen atoms in total. The molecule has 1 fully saturated rings. The topological polar surface area (TPSA) is 51.7 Å². The molecule has 1 atom stereocenters. The van der Waals surface area contributed by atoms with E-state index in [0.29, 0.717) is 13.0 Å². The van der Waals surface area contributed by atoms with Crippen LogP contribution in [0.5, 0.6) is 11.5 Å². The molecule has 120 valence electrons. The summed E-state index contributed by atoms with van der Waals surface area (Å²) in [6.45, 7) is 1.35. The Balaban J connectivity index is 1.57. The average molecular weight is 312 g/mol. The van der Waals surface area contributed by atoms with Crippen molar-refractivity contribution in [1.29, 1.82) is 0 Å². The minimum absolute atomic E-state index is 0.0408. The minimum atomic E-state index is 0.0408. The van der Waals surface area contributed by atoms with Gasteiger partial charge < -0.3 is 14.4 Å². The highest BCUT2D eigenvalue weighted by Gasteiger charge is 2.27. The van der Waals surface area contributed by atoms with Gasteiger partial charge in [-0.3, -0.25) is 9.78 Å². The lowest BCUT2D eigenvalue weighted by Crippen LogP contribution is -2.32. The number of para-hydroxylation sites is 1. The number of pyridine rings is 1. The van der Waals surface area contributed by atoms with Gasteiger partial charge in [-0.25, -0.2) is 0 Å². The van der Waals surface area contributed by atoms with Gasteiger partial charge in [0.2, 0.25) is 5.91 Å². The maximum atomic E-state index is 12.5. The zero-order valence-electron chi connectivity index (χ0n) is 13.1. The maximum absolute atomic E-state index is 12.5. The molecule has 0 saturated carbocycles. The first kappa shape index (κ1) is 15.3. The van der Waals surface area contributed by atoms with E-state index in [2.05, 4.69) is 4.98 Å². The van der Waals surface area contributed by atoms with Crippen molar-refractivity contribution in [2.24, 2.45) is 0 Å². The van der Waals surface area contributed by atoms with E-state index in [9.17, 15) is 4.79 Å². The highest BCUT2D eigenvalue weighted by Crippen LogP contribution is 2.21. The van der Waals surface area contributed by atoms with Gasteiger partial charge in [0, 0.05) is 30.9 Å². The molecule has 0 N–H and O–H groups in total. The number of amides is 1. The number of ether oxygens (including phenoxy) is 2. The lowest BCUT2D eigenvalue weighted by atomic mass is 10.1. The Kier molecular flexibility index (Phi) is 4.76. The average Bonchev–Trinajstić information content (AvgIpc) is 3.05. The molecular formula is C18H20N2O3. The molecule has 1 aromatic heterocycles. The number of hydrogen-bond donors (Lipinski definition) is 0. The molecule has 0 radical (unpaired) electrons. The molecule has 2 aromatic rings. The van der Waals surface area contributed by atoms with Crippen LogP contribution in [0.15, 0.2) is 48.8 Å². The van der Waals surface area contributed by atoms with Crippen LogP contribution < -0.4 is 9.47 Å². The molecule has 0 spiro atoms. The van der Waals surface area contributed by atoms with Crippen molar-refractivity contribution in [2.75, 3.05) is 20.2 Å². The molecule has 1 aliphatic heterocycles. The summed E-state index contributed by atoms with van der Waals surface area (Å²) in [6.07, 6.45) is 4.65. The second kappa shape index (κ2) is 7.13. The molecule has 0 bridgehead atoms. The normalized spacial score (nSPS) is 17.1. The monoisotopic (exact) mass is 312 g/mol. The predicted molar refractivity (Wildman–Crippen MR) is 86.5 cm³/mol. The number of methoxy groups -OCH3 is 1. The quantitative estimate of drug-likeness (QED) is 0.850. The van der Waals surface area contributed by atoms with E-state index in [1.807, 2.05) is 41.3 Å². The number of likely N-dealkylation sites (tertiary alicyclic amines) is 1. The van der Waals surface area contributed by atoms with E-state index in [4.69, 9.17) is 9.47 Å². The van der Waals surface area contributed by atoms with E-state index in [1.165, 1.54) is 0 Å². The molecule has 5 heteroatoms. The molecule has 23 heavy (non-hydrogen) atoms. The zero-order valence-corrected chi connectivity index (χ0v) is 13.1. The Hall–Kier alpha value is -2.56. The molecule has 1 amide bonds. The van der Waals surface area contributed by atoms with Crippen molar-refractivity contribution >= 4 is 5.91 Å². The standard InChI is InChI=1S/C18H20N2O3/c1-22-17-5-3-2-4-14(17)12-18(21)20-11-8-16(13-20)23-15-6-9-19-10-7-15/h2-7,9-10,16H,8,11-13H2,1H3/t16-/m1/s1. The summed E-state index contributed by atoms with van der Waals surface area (Å²) in [5, 5.41) is 0. The fourth-order valence-corrected chi connectivity index (χ4v) is 2.78. The Morgan fingerprint density at radius 3 is 2.83 bits per heavy atom. The van der Waals surface area contributed by atoms with Crippen LogP contribution in [0.25, 0.3) is 0 Å². The Morgan fingerprint density at radius 1 is 1.26 bits per heavy atom. The lowest BCUT2D eigenvalue weighted by molar-refractivity contribution is -0.129. The Morgan fingerprint density at radius 2 is 2.04 bits per heavy atom. The summed E-state index contributed by atoms with van der Waals surface area (Å²) >= 11 is 0. The van der Waals surface area contributed by atoms with Gasteiger partial charge in [0.1, 0.15) is 17.6 Å². The van der Waals surface area contributed by atoms with E-state index in [-0.39, 0.29) is 12.0 Å². The number of carbonyl (C=O) groups excluding carboxylic acids is 1. The predicted octanol–water partition coefficient (Wildman–Crippen LogP) is 2.31. The zero-order chi connectivity index (χ0) is 16.1. The first-order valence-corrected chi connectivity index (χ1v) is 7.72. The molecule has 0 aliphatic carbocycles. The highest BCUT2D eigenvalue weighted by molar-refractivity contribution is 5.79. The van der Waals surface area contributed by atoms with Gasteiger partial charge in [-0.2, -0.15) is 0 Å². The molecule has 2 heterocycles. The number of aromatic nitrogens is 1. The van der Waals surface area contributed by atoms with Gasteiger partial charge in [0.05, 0.1) is 20.1 Å². The maximum Gasteiger partial charge on any atom is 0.227 e. The van der Waals surface area contributed by atoms with Crippen LogP contribution in [-0.4, -0.2) is 42.1 Å². The van der Waals surface area contributed by atoms with Crippen LogP contribution in [0.1, 0.15) is 12.0 Å². The lowest BCUT2D eigenvalue weighted by Gasteiger charge is -2.18. The van der Waals surface area contributed by atoms with Crippen LogP contribution in [0.2, 0.25) is 0 Å². The van der Waals surface area contributed by atoms with Crippen molar-refractivity contribution < 1.29 is 14.3 Å². The summed E-state index contributed by atoms with van der Waals surface area (Å²) in [7, 11) is 1.62. The Bertz CT molecular complexity index is 660. The minimum Gasteiger partial charge on any atom is -0.496 e. The fraction of sp³-hybridized carbons (Fsp3) is 0.333. The van der Waals surface area contributed by atoms with E-state index in [1.54, 1.807) is 19.5 Å². The fourth-order valence-electron chi connectivity index (χ4n) is 2.78. The van der Waals surface area contributed by atoms with E-state index >= 15 is 0 Å². The largest absolute Gasteiger partial charge is 0.496 e. The summed E-state index contributed by atoms with van der Waals surface area (Å²) < 4.78 is 11.2.